The third-order valence-electron chi connectivity index (χ3n) is 2.37. The van der Waals surface area contributed by atoms with Crippen molar-refractivity contribution in [1.82, 2.24) is 9.88 Å². The number of nitrogens with one attached hydrogen (secondary N) is 1. The highest BCUT2D eigenvalue weighted by Crippen LogP contribution is 2.03. The SMILES string of the molecule is CCCNCc1ccn(CCC(C)O)c1. The summed E-state index contributed by atoms with van der Waals surface area (Å²) in [5.74, 6) is 0. The van der Waals surface area contributed by atoms with E-state index in [9.17, 15) is 0 Å². The van der Waals surface area contributed by atoms with Gasteiger partial charge in [-0.15, -0.1) is 0 Å². The van der Waals surface area contributed by atoms with Crippen LogP contribution in [0.1, 0.15) is 32.3 Å². The summed E-state index contributed by atoms with van der Waals surface area (Å²) in [6.07, 6.45) is 5.99. The molecule has 1 atom stereocenters. The first kappa shape index (κ1) is 12.3. The summed E-state index contributed by atoms with van der Waals surface area (Å²) in [5, 5.41) is 12.5. The smallest absolute Gasteiger partial charge is 0.0529 e. The number of aliphatic hydroxyl groups excluding tert-OH is 1. The number of hydrogen-bond donors (Lipinski definition) is 2. The molecule has 0 saturated carbocycles. The van der Waals surface area contributed by atoms with Gasteiger partial charge >= 0.3 is 0 Å². The summed E-state index contributed by atoms with van der Waals surface area (Å²) in [4.78, 5) is 0. The van der Waals surface area contributed by atoms with Gasteiger partial charge in [0.05, 0.1) is 6.10 Å². The molecule has 86 valence electrons. The first-order valence-corrected chi connectivity index (χ1v) is 5.75. The van der Waals surface area contributed by atoms with E-state index in [2.05, 4.69) is 35.3 Å². The lowest BCUT2D eigenvalue weighted by molar-refractivity contribution is 0.178. The van der Waals surface area contributed by atoms with Gasteiger partial charge in [0.25, 0.3) is 0 Å². The maximum atomic E-state index is 9.17. The summed E-state index contributed by atoms with van der Waals surface area (Å²) < 4.78 is 2.13. The van der Waals surface area contributed by atoms with Gasteiger partial charge in [-0.3, -0.25) is 0 Å². The van der Waals surface area contributed by atoms with Crippen molar-refractivity contribution < 1.29 is 5.11 Å². The summed E-state index contributed by atoms with van der Waals surface area (Å²) in [6.45, 7) is 6.90. The number of hydrogen-bond acceptors (Lipinski definition) is 2. The Morgan fingerprint density at radius 1 is 1.53 bits per heavy atom. The monoisotopic (exact) mass is 210 g/mol. The number of rotatable bonds is 7. The molecule has 1 aromatic rings. The zero-order chi connectivity index (χ0) is 11.1. The molecule has 15 heavy (non-hydrogen) atoms. The first-order chi connectivity index (χ1) is 7.22. The largest absolute Gasteiger partial charge is 0.393 e. The van der Waals surface area contributed by atoms with Gasteiger partial charge in [-0.25, -0.2) is 0 Å². The number of aryl methyl sites for hydroxylation is 1. The summed E-state index contributed by atoms with van der Waals surface area (Å²) in [7, 11) is 0. The Balaban J connectivity index is 2.29. The molecule has 1 rings (SSSR count). The highest BCUT2D eigenvalue weighted by atomic mass is 16.3. The molecule has 1 heterocycles. The second-order valence-corrected chi connectivity index (χ2v) is 4.07. The molecule has 0 fully saturated rings. The molecule has 0 aromatic carbocycles. The van der Waals surface area contributed by atoms with Crippen LogP contribution in [0.4, 0.5) is 0 Å². The van der Waals surface area contributed by atoms with Crippen LogP contribution in [0.3, 0.4) is 0 Å². The molecule has 0 aliphatic rings. The van der Waals surface area contributed by atoms with E-state index in [0.29, 0.717) is 0 Å². The minimum Gasteiger partial charge on any atom is -0.393 e. The van der Waals surface area contributed by atoms with Crippen molar-refractivity contribution in [3.8, 4) is 0 Å². The fourth-order valence-corrected chi connectivity index (χ4v) is 1.48. The molecule has 1 aromatic heterocycles. The van der Waals surface area contributed by atoms with Gasteiger partial charge in [-0.1, -0.05) is 6.92 Å². The lowest BCUT2D eigenvalue weighted by Gasteiger charge is -2.05. The van der Waals surface area contributed by atoms with E-state index in [1.807, 2.05) is 6.92 Å². The third kappa shape index (κ3) is 5.00. The van der Waals surface area contributed by atoms with Gasteiger partial charge in [0.15, 0.2) is 0 Å². The van der Waals surface area contributed by atoms with Gasteiger partial charge in [-0.05, 0) is 37.9 Å². The molecule has 0 amide bonds. The van der Waals surface area contributed by atoms with Crippen LogP contribution in [0.5, 0.6) is 0 Å². The predicted molar refractivity (Wildman–Crippen MR) is 62.7 cm³/mol. The molecule has 0 radical (unpaired) electrons. The fraction of sp³-hybridized carbons (Fsp3) is 0.667. The molecule has 3 heteroatoms. The minimum atomic E-state index is -0.214. The third-order valence-corrected chi connectivity index (χ3v) is 2.37. The predicted octanol–water partition coefficient (Wildman–Crippen LogP) is 1.76. The molecule has 0 aliphatic heterocycles. The molecule has 2 N–H and O–H groups in total. The van der Waals surface area contributed by atoms with Crippen LogP contribution in [0, 0.1) is 0 Å². The van der Waals surface area contributed by atoms with E-state index in [1.165, 1.54) is 12.0 Å². The van der Waals surface area contributed by atoms with Crippen molar-refractivity contribution in [1.29, 1.82) is 0 Å². The Labute approximate surface area is 92.1 Å². The summed E-state index contributed by atoms with van der Waals surface area (Å²) >= 11 is 0. The second kappa shape index (κ2) is 6.64. The molecular formula is C12H22N2O. The van der Waals surface area contributed by atoms with Crippen LogP contribution in [0.2, 0.25) is 0 Å². The van der Waals surface area contributed by atoms with Crippen molar-refractivity contribution in [2.24, 2.45) is 0 Å². The van der Waals surface area contributed by atoms with Crippen LogP contribution in [0.15, 0.2) is 18.5 Å². The molecule has 0 aliphatic carbocycles. The maximum absolute atomic E-state index is 9.17. The van der Waals surface area contributed by atoms with Crippen molar-refractivity contribution in [3.05, 3.63) is 24.0 Å². The molecule has 3 nitrogen and oxygen atoms in total. The van der Waals surface area contributed by atoms with E-state index in [1.54, 1.807) is 0 Å². The quantitative estimate of drug-likeness (QED) is 0.673. The van der Waals surface area contributed by atoms with Crippen LogP contribution in [0.25, 0.3) is 0 Å². The van der Waals surface area contributed by atoms with Gasteiger partial charge in [0.2, 0.25) is 0 Å². The zero-order valence-electron chi connectivity index (χ0n) is 9.74. The topological polar surface area (TPSA) is 37.2 Å². The lowest BCUT2D eigenvalue weighted by atomic mass is 10.3. The normalized spacial score (nSPS) is 13.0. The Bertz CT molecular complexity index is 268. The van der Waals surface area contributed by atoms with Crippen LogP contribution < -0.4 is 5.32 Å². The number of nitrogens with zero attached hydrogens (tertiary/aromatic N) is 1. The maximum Gasteiger partial charge on any atom is 0.0529 e. The molecule has 0 spiro atoms. The zero-order valence-corrected chi connectivity index (χ0v) is 9.74. The summed E-state index contributed by atoms with van der Waals surface area (Å²) in [5.41, 5.74) is 1.31. The Morgan fingerprint density at radius 2 is 2.33 bits per heavy atom. The van der Waals surface area contributed by atoms with Crippen molar-refractivity contribution in [3.63, 3.8) is 0 Å². The van der Waals surface area contributed by atoms with E-state index < -0.39 is 0 Å². The van der Waals surface area contributed by atoms with E-state index in [4.69, 9.17) is 5.11 Å². The number of aromatic nitrogens is 1. The summed E-state index contributed by atoms with van der Waals surface area (Å²) in [6, 6.07) is 2.13. The molecule has 0 saturated heterocycles. The first-order valence-electron chi connectivity index (χ1n) is 5.75. The highest BCUT2D eigenvalue weighted by Gasteiger charge is 1.99. The van der Waals surface area contributed by atoms with Crippen molar-refractivity contribution in [2.45, 2.75) is 45.9 Å². The van der Waals surface area contributed by atoms with E-state index in [0.717, 1.165) is 26.1 Å². The Hall–Kier alpha value is -0.800. The fourth-order valence-electron chi connectivity index (χ4n) is 1.48. The minimum absolute atomic E-state index is 0.214. The Kier molecular flexibility index (Phi) is 5.43. The average Bonchev–Trinajstić information content (AvgIpc) is 2.63. The van der Waals surface area contributed by atoms with Gasteiger partial charge in [0, 0.05) is 25.5 Å². The standard InChI is InChI=1S/C12H22N2O/c1-3-6-13-9-12-5-8-14(10-12)7-4-11(2)15/h5,8,10-11,13,15H,3-4,6-7,9H2,1-2H3. The van der Waals surface area contributed by atoms with Crippen LogP contribution >= 0.6 is 0 Å². The molecular weight excluding hydrogens is 188 g/mol. The van der Waals surface area contributed by atoms with E-state index >= 15 is 0 Å². The van der Waals surface area contributed by atoms with Crippen molar-refractivity contribution in [2.75, 3.05) is 6.54 Å². The van der Waals surface area contributed by atoms with Gasteiger partial charge < -0.3 is 15.0 Å². The number of aliphatic hydroxyl groups is 1. The lowest BCUT2D eigenvalue weighted by Crippen LogP contribution is -2.13. The van der Waals surface area contributed by atoms with Gasteiger partial charge in [-0.2, -0.15) is 0 Å². The van der Waals surface area contributed by atoms with Gasteiger partial charge in [0.1, 0.15) is 0 Å². The Morgan fingerprint density at radius 3 is 3.00 bits per heavy atom. The second-order valence-electron chi connectivity index (χ2n) is 4.07. The molecule has 0 bridgehead atoms. The van der Waals surface area contributed by atoms with Crippen LogP contribution in [-0.2, 0) is 13.1 Å². The molecule has 1 unspecified atom stereocenters. The highest BCUT2D eigenvalue weighted by molar-refractivity contribution is 5.09. The van der Waals surface area contributed by atoms with Crippen LogP contribution in [-0.4, -0.2) is 22.3 Å². The average molecular weight is 210 g/mol. The van der Waals surface area contributed by atoms with E-state index in [-0.39, 0.29) is 6.10 Å². The van der Waals surface area contributed by atoms with Crippen molar-refractivity contribution >= 4 is 0 Å².